The minimum atomic E-state index is -2.50. The molecule has 0 atom stereocenters. The topological polar surface area (TPSA) is 71.3 Å². The number of hydrogen-bond donors (Lipinski definition) is 1. The highest BCUT2D eigenvalue weighted by Crippen LogP contribution is 2.66. The third-order valence-corrected chi connectivity index (χ3v) is 7.93. The Labute approximate surface area is 205 Å². The average Bonchev–Trinajstić information content (AvgIpc) is 3.32. The lowest BCUT2D eigenvalue weighted by Crippen LogP contribution is -2.71. The first-order valence-electron chi connectivity index (χ1n) is 12.2. The number of anilines is 3. The van der Waals surface area contributed by atoms with Crippen molar-refractivity contribution < 1.29 is 8.78 Å². The van der Waals surface area contributed by atoms with Crippen LogP contribution in [0, 0.1) is 23.7 Å². The molecule has 35 heavy (non-hydrogen) atoms. The standard InChI is InChI=1S/C26H33F2N7/c1-19-14-30-23(31-21-6-4-20(5-7-21)15-33(2)3)32-22(19)34-17-25(18-34,8-11-29)35-12-9-24(10-13-35)16-26(24,27)28/h4-7,14H,8-10,12-13,15-18H2,1-3H3,(H,30,31,32). The molecule has 0 radical (unpaired) electrons. The Morgan fingerprint density at radius 1 is 1.14 bits per heavy atom. The molecule has 3 heterocycles. The Morgan fingerprint density at radius 2 is 1.80 bits per heavy atom. The summed E-state index contributed by atoms with van der Waals surface area (Å²) in [6.07, 6.45) is 3.26. The Balaban J connectivity index is 1.25. The van der Waals surface area contributed by atoms with Gasteiger partial charge in [-0.05, 0) is 64.6 Å². The van der Waals surface area contributed by atoms with E-state index in [9.17, 15) is 14.0 Å². The summed E-state index contributed by atoms with van der Waals surface area (Å²) in [6.45, 7) is 5.46. The highest BCUT2D eigenvalue weighted by Gasteiger charge is 2.71. The fraction of sp³-hybridized carbons (Fsp3) is 0.577. The molecule has 5 rings (SSSR count). The number of piperidine rings is 1. The highest BCUT2D eigenvalue weighted by molar-refractivity contribution is 5.58. The predicted molar refractivity (Wildman–Crippen MR) is 132 cm³/mol. The number of hydrogen-bond acceptors (Lipinski definition) is 7. The van der Waals surface area contributed by atoms with Gasteiger partial charge in [-0.25, -0.2) is 13.8 Å². The molecule has 2 aliphatic heterocycles. The highest BCUT2D eigenvalue weighted by atomic mass is 19.3. The summed E-state index contributed by atoms with van der Waals surface area (Å²) in [6, 6.07) is 10.6. The van der Waals surface area contributed by atoms with Gasteiger partial charge in [-0.1, -0.05) is 12.1 Å². The molecule has 7 nitrogen and oxygen atoms in total. The zero-order valence-electron chi connectivity index (χ0n) is 20.7. The van der Waals surface area contributed by atoms with E-state index in [4.69, 9.17) is 4.98 Å². The maximum absolute atomic E-state index is 13.8. The third-order valence-electron chi connectivity index (χ3n) is 7.93. The minimum Gasteiger partial charge on any atom is -0.352 e. The first-order valence-corrected chi connectivity index (χ1v) is 12.2. The number of halogens is 2. The van der Waals surface area contributed by atoms with Gasteiger partial charge in [0, 0.05) is 48.9 Å². The number of nitrogens with one attached hydrogen (secondary N) is 1. The maximum atomic E-state index is 13.8. The van der Waals surface area contributed by atoms with Crippen LogP contribution in [0.3, 0.4) is 0 Å². The molecule has 0 bridgehead atoms. The fourth-order valence-corrected chi connectivity index (χ4v) is 5.72. The summed E-state index contributed by atoms with van der Waals surface area (Å²) in [5.41, 5.74) is 2.04. The molecule has 0 amide bonds. The number of aryl methyl sites for hydroxylation is 1. The second-order valence-corrected chi connectivity index (χ2v) is 10.8. The summed E-state index contributed by atoms with van der Waals surface area (Å²) >= 11 is 0. The van der Waals surface area contributed by atoms with E-state index >= 15 is 0 Å². The van der Waals surface area contributed by atoms with Crippen LogP contribution in [0.15, 0.2) is 30.5 Å². The zero-order valence-corrected chi connectivity index (χ0v) is 20.7. The van der Waals surface area contributed by atoms with Gasteiger partial charge in [0.2, 0.25) is 5.95 Å². The lowest BCUT2D eigenvalue weighted by atomic mass is 9.81. The van der Waals surface area contributed by atoms with E-state index in [1.54, 1.807) is 0 Å². The van der Waals surface area contributed by atoms with Crippen LogP contribution in [0.1, 0.15) is 36.8 Å². The number of likely N-dealkylation sites (tertiary alicyclic amines) is 1. The van der Waals surface area contributed by atoms with E-state index in [0.29, 0.717) is 51.4 Å². The number of rotatable bonds is 7. The second kappa shape index (κ2) is 8.68. The largest absolute Gasteiger partial charge is 0.352 e. The van der Waals surface area contributed by atoms with Crippen molar-refractivity contribution in [3.8, 4) is 6.07 Å². The molecule has 1 aliphatic carbocycles. The van der Waals surface area contributed by atoms with E-state index in [1.807, 2.05) is 39.3 Å². The quantitative estimate of drug-likeness (QED) is 0.636. The fourth-order valence-electron chi connectivity index (χ4n) is 5.72. The molecule has 1 aromatic heterocycles. The molecule has 3 aliphatic rings. The van der Waals surface area contributed by atoms with Crippen molar-refractivity contribution in [1.82, 2.24) is 19.8 Å². The van der Waals surface area contributed by atoms with E-state index in [-0.39, 0.29) is 12.0 Å². The van der Waals surface area contributed by atoms with Crippen LogP contribution in [0.25, 0.3) is 0 Å². The minimum absolute atomic E-state index is 0.0273. The number of alkyl halides is 2. The van der Waals surface area contributed by atoms with E-state index in [1.165, 1.54) is 5.56 Å². The average molecular weight is 482 g/mol. The zero-order chi connectivity index (χ0) is 24.8. The third kappa shape index (κ3) is 4.45. The van der Waals surface area contributed by atoms with Crippen LogP contribution in [-0.4, -0.2) is 71.5 Å². The van der Waals surface area contributed by atoms with E-state index in [0.717, 1.165) is 23.6 Å². The first-order chi connectivity index (χ1) is 16.7. The molecule has 186 valence electrons. The molecule has 2 saturated heterocycles. The van der Waals surface area contributed by atoms with Crippen LogP contribution in [0.4, 0.5) is 26.2 Å². The van der Waals surface area contributed by atoms with Gasteiger partial charge in [0.1, 0.15) is 5.82 Å². The van der Waals surface area contributed by atoms with Crippen LogP contribution < -0.4 is 10.2 Å². The molecule has 1 aromatic carbocycles. The molecule has 1 spiro atoms. The molecule has 1 saturated carbocycles. The van der Waals surface area contributed by atoms with Gasteiger partial charge in [-0.3, -0.25) is 4.90 Å². The van der Waals surface area contributed by atoms with Gasteiger partial charge in [0.25, 0.3) is 5.92 Å². The smallest absolute Gasteiger partial charge is 0.254 e. The Kier molecular flexibility index (Phi) is 5.93. The van der Waals surface area contributed by atoms with Crippen molar-refractivity contribution in [3.63, 3.8) is 0 Å². The van der Waals surface area contributed by atoms with E-state index < -0.39 is 11.3 Å². The monoisotopic (exact) mass is 481 g/mol. The van der Waals surface area contributed by atoms with E-state index in [2.05, 4.69) is 43.2 Å². The normalized spacial score (nSPS) is 22.0. The lowest BCUT2D eigenvalue weighted by molar-refractivity contribution is -0.0128. The number of aromatic nitrogens is 2. The van der Waals surface area contributed by atoms with Crippen LogP contribution >= 0.6 is 0 Å². The van der Waals surface area contributed by atoms with Gasteiger partial charge in [-0.15, -0.1) is 0 Å². The lowest BCUT2D eigenvalue weighted by Gasteiger charge is -2.57. The van der Waals surface area contributed by atoms with Crippen molar-refractivity contribution in [2.24, 2.45) is 5.41 Å². The Morgan fingerprint density at radius 3 is 2.37 bits per heavy atom. The van der Waals surface area contributed by atoms with Gasteiger partial charge in [0.15, 0.2) is 0 Å². The van der Waals surface area contributed by atoms with Crippen molar-refractivity contribution in [2.75, 3.05) is 50.5 Å². The summed E-state index contributed by atoms with van der Waals surface area (Å²) in [7, 11) is 4.09. The molecular weight excluding hydrogens is 448 g/mol. The maximum Gasteiger partial charge on any atom is 0.254 e. The van der Waals surface area contributed by atoms with Crippen molar-refractivity contribution in [3.05, 3.63) is 41.6 Å². The summed E-state index contributed by atoms with van der Waals surface area (Å²) in [5, 5.41) is 12.8. The summed E-state index contributed by atoms with van der Waals surface area (Å²) < 4.78 is 27.7. The SMILES string of the molecule is Cc1cnc(Nc2ccc(CN(C)C)cc2)nc1N1CC(CC#N)(N2CCC3(CC2)CC3(F)F)C1. The van der Waals surface area contributed by atoms with Crippen molar-refractivity contribution >= 4 is 17.5 Å². The van der Waals surface area contributed by atoms with Crippen molar-refractivity contribution in [1.29, 1.82) is 5.26 Å². The first kappa shape index (κ1) is 23.9. The molecule has 1 N–H and O–H groups in total. The van der Waals surface area contributed by atoms with Crippen LogP contribution in [0.2, 0.25) is 0 Å². The Bertz CT molecular complexity index is 1110. The molecule has 9 heteroatoms. The molecule has 2 aromatic rings. The van der Waals surface area contributed by atoms with Gasteiger partial charge < -0.3 is 15.1 Å². The summed E-state index contributed by atoms with van der Waals surface area (Å²) in [5.74, 6) is -1.12. The Hall–Kier alpha value is -2.83. The molecular formula is C26H33F2N7. The second-order valence-electron chi connectivity index (χ2n) is 10.8. The van der Waals surface area contributed by atoms with Crippen LogP contribution in [-0.2, 0) is 6.54 Å². The van der Waals surface area contributed by atoms with Crippen molar-refractivity contribution in [2.45, 2.75) is 50.6 Å². The number of nitriles is 1. The predicted octanol–water partition coefficient (Wildman–Crippen LogP) is 4.18. The molecule has 0 unspecified atom stereocenters. The number of nitrogens with zero attached hydrogens (tertiary/aromatic N) is 6. The summed E-state index contributed by atoms with van der Waals surface area (Å²) in [4.78, 5) is 15.8. The van der Waals surface area contributed by atoms with Crippen LogP contribution in [0.5, 0.6) is 0 Å². The molecule has 3 fully saturated rings. The van der Waals surface area contributed by atoms with Gasteiger partial charge in [0.05, 0.1) is 18.0 Å². The van der Waals surface area contributed by atoms with Gasteiger partial charge >= 0.3 is 0 Å². The van der Waals surface area contributed by atoms with Gasteiger partial charge in [-0.2, -0.15) is 10.2 Å². The number of benzene rings is 1.